The van der Waals surface area contributed by atoms with Crippen LogP contribution in [0.5, 0.6) is 5.75 Å². The average molecular weight is 493 g/mol. The van der Waals surface area contributed by atoms with Gasteiger partial charge in [-0.1, -0.05) is 23.2 Å². The molecule has 0 unspecified atom stereocenters. The number of nitrogens with zero attached hydrogens (tertiary/aromatic N) is 4. The molecule has 7 nitrogen and oxygen atoms in total. The number of hydrogen-bond donors (Lipinski definition) is 0. The van der Waals surface area contributed by atoms with Gasteiger partial charge in [-0.25, -0.2) is 0 Å². The molecule has 12 heteroatoms. The fraction of sp³-hybridized carbons (Fsp3) is 0.450. The van der Waals surface area contributed by atoms with E-state index >= 15 is 0 Å². The highest BCUT2D eigenvalue weighted by Gasteiger charge is 2.38. The third kappa shape index (κ3) is 4.80. The van der Waals surface area contributed by atoms with Crippen LogP contribution in [0.3, 0.4) is 0 Å². The Morgan fingerprint density at radius 1 is 1.16 bits per heavy atom. The van der Waals surface area contributed by atoms with Gasteiger partial charge in [-0.3, -0.25) is 14.3 Å². The fourth-order valence-electron chi connectivity index (χ4n) is 3.53. The number of carbonyl (C=O) groups is 2. The summed E-state index contributed by atoms with van der Waals surface area (Å²) in [6.45, 7) is 3.95. The molecule has 0 atom stereocenters. The van der Waals surface area contributed by atoms with Crippen LogP contribution in [0, 0.1) is 6.92 Å². The summed E-state index contributed by atoms with van der Waals surface area (Å²) in [7, 11) is 1.47. The number of carbonyl (C=O) groups excluding carboxylic acids is 2. The normalized spacial score (nSPS) is 14.6. The molecule has 1 amide bonds. The Kier molecular flexibility index (Phi) is 6.94. The first kappa shape index (κ1) is 24.2. The van der Waals surface area contributed by atoms with Gasteiger partial charge < -0.3 is 14.5 Å². The van der Waals surface area contributed by atoms with Crippen LogP contribution >= 0.6 is 23.2 Å². The number of aromatic nitrogens is 2. The van der Waals surface area contributed by atoms with Gasteiger partial charge >= 0.3 is 6.18 Å². The summed E-state index contributed by atoms with van der Waals surface area (Å²) in [5.74, 6) is -0.104. The Morgan fingerprint density at radius 2 is 1.78 bits per heavy atom. The van der Waals surface area contributed by atoms with Gasteiger partial charge in [0.05, 0.1) is 28.5 Å². The first-order valence-corrected chi connectivity index (χ1v) is 10.4. The smallest absolute Gasteiger partial charge is 0.436 e. The number of piperazine rings is 1. The summed E-state index contributed by atoms with van der Waals surface area (Å²) >= 11 is 11.9. The number of methoxy groups -OCH3 is 1. The monoisotopic (exact) mass is 492 g/mol. The van der Waals surface area contributed by atoms with Crippen molar-refractivity contribution in [3.05, 3.63) is 39.1 Å². The molecule has 0 saturated carbocycles. The van der Waals surface area contributed by atoms with E-state index < -0.39 is 16.9 Å². The predicted molar refractivity (Wildman–Crippen MR) is 114 cm³/mol. The zero-order valence-electron chi connectivity index (χ0n) is 17.6. The number of benzene rings is 1. The number of alkyl halides is 3. The van der Waals surface area contributed by atoms with Crippen LogP contribution in [0.15, 0.2) is 12.1 Å². The zero-order chi connectivity index (χ0) is 23.8. The maximum atomic E-state index is 13.0. The van der Waals surface area contributed by atoms with Crippen LogP contribution in [-0.2, 0) is 17.5 Å². The molecule has 1 aromatic heterocycles. The van der Waals surface area contributed by atoms with Crippen LogP contribution < -0.4 is 9.64 Å². The van der Waals surface area contributed by atoms with Gasteiger partial charge in [-0.15, -0.1) is 0 Å². The first-order valence-electron chi connectivity index (χ1n) is 9.65. The van der Waals surface area contributed by atoms with Gasteiger partial charge in [0.25, 0.3) is 0 Å². The Labute approximate surface area is 192 Å². The molecule has 1 aliphatic rings. The Bertz CT molecular complexity index is 1050. The highest BCUT2D eigenvalue weighted by Crippen LogP contribution is 2.36. The summed E-state index contributed by atoms with van der Waals surface area (Å²) in [4.78, 5) is 28.2. The Balaban J connectivity index is 1.72. The molecule has 1 aliphatic heterocycles. The van der Waals surface area contributed by atoms with E-state index in [2.05, 4.69) is 5.10 Å². The lowest BCUT2D eigenvalue weighted by atomic mass is 10.1. The largest absolute Gasteiger partial charge is 0.495 e. The molecule has 32 heavy (non-hydrogen) atoms. The second kappa shape index (κ2) is 9.19. The van der Waals surface area contributed by atoms with Crippen LogP contribution in [0.2, 0.25) is 10.0 Å². The molecule has 0 bridgehead atoms. The van der Waals surface area contributed by atoms with Crippen LogP contribution in [0.4, 0.5) is 18.9 Å². The molecule has 2 heterocycles. The van der Waals surface area contributed by atoms with Crippen molar-refractivity contribution in [2.75, 3.05) is 38.2 Å². The third-order valence-corrected chi connectivity index (χ3v) is 6.06. The van der Waals surface area contributed by atoms with Crippen molar-refractivity contribution in [3.8, 4) is 5.75 Å². The fourth-order valence-corrected chi connectivity index (χ4v) is 4.01. The minimum atomic E-state index is -4.70. The molecule has 0 N–H and O–H groups in total. The van der Waals surface area contributed by atoms with Crippen molar-refractivity contribution < 1.29 is 27.5 Å². The van der Waals surface area contributed by atoms with Gasteiger partial charge in [0.2, 0.25) is 5.91 Å². The van der Waals surface area contributed by atoms with Crippen molar-refractivity contribution in [1.82, 2.24) is 14.7 Å². The lowest BCUT2D eigenvalue weighted by Crippen LogP contribution is -2.50. The molecule has 2 aromatic rings. The lowest BCUT2D eigenvalue weighted by molar-refractivity contribution is -0.142. The van der Waals surface area contributed by atoms with E-state index in [1.54, 1.807) is 17.0 Å². The molecular weight excluding hydrogens is 472 g/mol. The number of hydrogen-bond acceptors (Lipinski definition) is 5. The minimum Gasteiger partial charge on any atom is -0.495 e. The highest BCUT2D eigenvalue weighted by molar-refractivity contribution is 6.32. The van der Waals surface area contributed by atoms with E-state index in [9.17, 15) is 22.8 Å². The lowest BCUT2D eigenvalue weighted by Gasteiger charge is -2.37. The molecule has 0 spiro atoms. The zero-order valence-corrected chi connectivity index (χ0v) is 19.1. The SMILES string of the molecule is COc1cc(N2CCN(C(=O)Cn3nc(C(F)(F)F)c(Cl)c3C)CC2)c(C(C)=O)cc1Cl. The second-order valence-corrected chi connectivity index (χ2v) is 8.12. The first-order chi connectivity index (χ1) is 14.9. The topological polar surface area (TPSA) is 67.7 Å². The third-order valence-electron chi connectivity index (χ3n) is 5.31. The van der Waals surface area contributed by atoms with Gasteiger partial charge in [-0.2, -0.15) is 18.3 Å². The summed E-state index contributed by atoms with van der Waals surface area (Å²) in [6, 6.07) is 3.24. The van der Waals surface area contributed by atoms with Gasteiger partial charge in [0.1, 0.15) is 12.3 Å². The minimum absolute atomic E-state index is 0.0744. The Hall–Kier alpha value is -2.46. The number of rotatable bonds is 5. The summed E-state index contributed by atoms with van der Waals surface area (Å²) < 4.78 is 45.2. The molecule has 3 rings (SSSR count). The number of Topliss-reactive ketones (excluding diaryl/α,β-unsaturated/α-hetero) is 1. The molecule has 0 aliphatic carbocycles. The molecule has 174 valence electrons. The quantitative estimate of drug-likeness (QED) is 0.588. The molecular formula is C20H21Cl2F3N4O3. The summed E-state index contributed by atoms with van der Waals surface area (Å²) in [6.07, 6.45) is -4.70. The number of ether oxygens (including phenoxy) is 1. The van der Waals surface area contributed by atoms with E-state index in [0.29, 0.717) is 48.2 Å². The summed E-state index contributed by atoms with van der Waals surface area (Å²) in [5, 5.41) is 3.28. The molecule has 1 aromatic carbocycles. The van der Waals surface area contributed by atoms with E-state index in [4.69, 9.17) is 27.9 Å². The van der Waals surface area contributed by atoms with E-state index in [-0.39, 0.29) is 23.9 Å². The van der Waals surface area contributed by atoms with Gasteiger partial charge in [-0.05, 0) is 19.9 Å². The highest BCUT2D eigenvalue weighted by atomic mass is 35.5. The van der Waals surface area contributed by atoms with Crippen LogP contribution in [0.25, 0.3) is 0 Å². The maximum Gasteiger partial charge on any atom is 0.436 e. The van der Waals surface area contributed by atoms with Crippen molar-refractivity contribution in [3.63, 3.8) is 0 Å². The van der Waals surface area contributed by atoms with Crippen molar-refractivity contribution in [1.29, 1.82) is 0 Å². The van der Waals surface area contributed by atoms with Crippen molar-refractivity contribution in [2.45, 2.75) is 26.6 Å². The average Bonchev–Trinajstić information content (AvgIpc) is 3.02. The standard InChI is InChI=1S/C20H21Cl2F3N4O3/c1-11-18(22)19(20(23,24)25)26-29(11)10-17(31)28-6-4-27(5-7-28)15-9-16(32-3)14(21)8-13(15)12(2)30/h8-9H,4-7,10H2,1-3H3. The van der Waals surface area contributed by atoms with E-state index in [0.717, 1.165) is 4.68 Å². The number of ketones is 1. The molecule has 1 saturated heterocycles. The van der Waals surface area contributed by atoms with Crippen molar-refractivity contribution in [2.24, 2.45) is 0 Å². The molecule has 0 radical (unpaired) electrons. The Morgan fingerprint density at radius 3 is 2.28 bits per heavy atom. The van der Waals surface area contributed by atoms with Crippen LogP contribution in [0.1, 0.15) is 28.7 Å². The molecule has 1 fully saturated rings. The summed E-state index contributed by atoms with van der Waals surface area (Å²) in [5.41, 5.74) is -0.0412. The number of anilines is 1. The predicted octanol–water partition coefficient (Wildman–Crippen LogP) is 4.08. The van der Waals surface area contributed by atoms with E-state index in [1.807, 2.05) is 4.90 Å². The van der Waals surface area contributed by atoms with Gasteiger partial charge in [0, 0.05) is 37.8 Å². The number of halogens is 5. The van der Waals surface area contributed by atoms with Crippen molar-refractivity contribution >= 4 is 40.6 Å². The van der Waals surface area contributed by atoms with E-state index in [1.165, 1.54) is 21.0 Å². The maximum absolute atomic E-state index is 13.0. The van der Waals surface area contributed by atoms with Crippen LogP contribution in [-0.4, -0.2) is 59.7 Å². The number of amides is 1. The second-order valence-electron chi connectivity index (χ2n) is 7.33. The van der Waals surface area contributed by atoms with Gasteiger partial charge in [0.15, 0.2) is 11.5 Å².